The molecule has 100 valence electrons. The van der Waals surface area contributed by atoms with Crippen molar-refractivity contribution in [1.29, 1.82) is 0 Å². The Hall–Kier alpha value is 0.377. The fourth-order valence-electron chi connectivity index (χ4n) is 1.61. The van der Waals surface area contributed by atoms with Crippen LogP contribution in [0.15, 0.2) is 18.7 Å². The SMILES string of the molecule is CC(C)n1cc[n+](CN(C)CN(C)C)c1.[Ru+].[Ru+]. The van der Waals surface area contributed by atoms with Gasteiger partial charge in [-0.15, -0.1) is 0 Å². The summed E-state index contributed by atoms with van der Waals surface area (Å²) < 4.78 is 4.41. The maximum absolute atomic E-state index is 2.27. The average molecular weight is 413 g/mol. The Labute approximate surface area is 130 Å². The van der Waals surface area contributed by atoms with Gasteiger partial charge >= 0.3 is 39.0 Å². The molecule has 4 nitrogen and oxygen atoms in total. The van der Waals surface area contributed by atoms with Crippen molar-refractivity contribution in [3.05, 3.63) is 18.7 Å². The first-order valence-corrected chi connectivity index (χ1v) is 5.39. The Balaban J connectivity index is 0. The van der Waals surface area contributed by atoms with E-state index in [9.17, 15) is 0 Å². The van der Waals surface area contributed by atoms with Crippen molar-refractivity contribution in [3.8, 4) is 0 Å². The summed E-state index contributed by atoms with van der Waals surface area (Å²) >= 11 is 0. The van der Waals surface area contributed by atoms with Crippen LogP contribution in [0.2, 0.25) is 0 Å². The van der Waals surface area contributed by atoms with Crippen molar-refractivity contribution in [1.82, 2.24) is 14.4 Å². The van der Waals surface area contributed by atoms with Crippen molar-refractivity contribution >= 4 is 0 Å². The summed E-state index contributed by atoms with van der Waals surface area (Å²) in [4.78, 5) is 4.44. The first-order chi connectivity index (χ1) is 6.99. The molecule has 1 aromatic heterocycles. The monoisotopic (exact) mass is 415 g/mol. The molecule has 17 heavy (non-hydrogen) atoms. The quantitative estimate of drug-likeness (QED) is 0.402. The van der Waals surface area contributed by atoms with Crippen LogP contribution >= 0.6 is 0 Å². The second-order valence-electron chi connectivity index (χ2n) is 4.69. The number of nitrogens with zero attached hydrogens (tertiary/aromatic N) is 4. The van der Waals surface area contributed by atoms with Gasteiger partial charge in [0.25, 0.3) is 0 Å². The van der Waals surface area contributed by atoms with Gasteiger partial charge in [0.2, 0.25) is 6.33 Å². The van der Waals surface area contributed by atoms with Crippen molar-refractivity contribution in [2.24, 2.45) is 0 Å². The topological polar surface area (TPSA) is 15.3 Å². The summed E-state index contributed by atoms with van der Waals surface area (Å²) in [5.74, 6) is 0. The molecule has 0 aliphatic carbocycles. The number of hydrogen-bond donors (Lipinski definition) is 0. The summed E-state index contributed by atoms with van der Waals surface area (Å²) in [6.07, 6.45) is 6.39. The van der Waals surface area contributed by atoms with Gasteiger partial charge in [0, 0.05) is 0 Å². The number of aromatic nitrogens is 2. The molecule has 1 rings (SSSR count). The fraction of sp³-hybridized carbons (Fsp3) is 0.727. The van der Waals surface area contributed by atoms with Gasteiger partial charge in [-0.2, -0.15) is 0 Å². The predicted molar refractivity (Wildman–Crippen MR) is 61.3 cm³/mol. The van der Waals surface area contributed by atoms with Crippen LogP contribution in [-0.4, -0.2) is 42.2 Å². The summed E-state index contributed by atoms with van der Waals surface area (Å²) in [5.41, 5.74) is 0. The molecule has 6 heteroatoms. The van der Waals surface area contributed by atoms with Crippen molar-refractivity contribution in [2.45, 2.75) is 26.6 Å². The van der Waals surface area contributed by atoms with E-state index in [2.05, 4.69) is 72.6 Å². The molecule has 0 fully saturated rings. The Kier molecular flexibility index (Phi) is 10.8. The van der Waals surface area contributed by atoms with Crippen LogP contribution in [0.4, 0.5) is 0 Å². The van der Waals surface area contributed by atoms with Gasteiger partial charge in [0.05, 0.1) is 12.7 Å². The molecule has 0 N–H and O–H groups in total. The molecule has 2 radical (unpaired) electrons. The summed E-state index contributed by atoms with van der Waals surface area (Å²) in [5, 5.41) is 0. The third-order valence-electron chi connectivity index (χ3n) is 2.24. The van der Waals surface area contributed by atoms with Gasteiger partial charge in [-0.25, -0.2) is 9.13 Å². The van der Waals surface area contributed by atoms with E-state index in [1.807, 2.05) is 0 Å². The van der Waals surface area contributed by atoms with E-state index in [-0.39, 0.29) is 39.0 Å². The molecule has 0 bridgehead atoms. The van der Waals surface area contributed by atoms with E-state index in [4.69, 9.17) is 0 Å². The van der Waals surface area contributed by atoms with Gasteiger partial charge in [-0.3, -0.25) is 9.80 Å². The molecule has 0 aliphatic heterocycles. The molecule has 0 unspecified atom stereocenters. The maximum Gasteiger partial charge on any atom is 1.00 e. The van der Waals surface area contributed by atoms with E-state index >= 15 is 0 Å². The molecule has 0 aliphatic rings. The normalized spacial score (nSPS) is 10.6. The van der Waals surface area contributed by atoms with E-state index < -0.39 is 0 Å². The van der Waals surface area contributed by atoms with E-state index in [0.717, 1.165) is 13.3 Å². The van der Waals surface area contributed by atoms with Crippen LogP contribution in [-0.2, 0) is 45.6 Å². The third kappa shape index (κ3) is 7.41. The molecule has 0 aromatic carbocycles. The Bertz CT molecular complexity index is 299. The van der Waals surface area contributed by atoms with Gasteiger partial charge < -0.3 is 0 Å². The third-order valence-corrected chi connectivity index (χ3v) is 2.24. The van der Waals surface area contributed by atoms with Crippen LogP contribution in [0.25, 0.3) is 0 Å². The van der Waals surface area contributed by atoms with Gasteiger partial charge in [0.1, 0.15) is 19.1 Å². The zero-order valence-corrected chi connectivity index (χ0v) is 14.7. The van der Waals surface area contributed by atoms with Crippen molar-refractivity contribution in [2.75, 3.05) is 27.8 Å². The molecule has 0 amide bonds. The zero-order chi connectivity index (χ0) is 11.4. The molecule has 0 saturated heterocycles. The van der Waals surface area contributed by atoms with Crippen molar-refractivity contribution in [3.63, 3.8) is 0 Å². The fourth-order valence-corrected chi connectivity index (χ4v) is 1.61. The number of imidazole rings is 1. The molecular formula is C11H23N4Ru2+3. The first kappa shape index (κ1) is 19.7. The summed E-state index contributed by atoms with van der Waals surface area (Å²) in [7, 11) is 6.29. The maximum atomic E-state index is 2.27. The van der Waals surface area contributed by atoms with Gasteiger partial charge in [-0.05, 0) is 35.0 Å². The summed E-state index contributed by atoms with van der Waals surface area (Å²) in [6.45, 7) is 6.28. The van der Waals surface area contributed by atoms with Crippen LogP contribution < -0.4 is 4.57 Å². The molecule has 1 aromatic rings. The molecule has 0 spiro atoms. The molecule has 0 atom stereocenters. The molecule has 0 saturated carbocycles. The van der Waals surface area contributed by atoms with E-state index in [1.54, 1.807) is 0 Å². The minimum absolute atomic E-state index is 0. The summed E-state index contributed by atoms with van der Waals surface area (Å²) in [6, 6.07) is 0.533. The van der Waals surface area contributed by atoms with Crippen LogP contribution in [0.1, 0.15) is 19.9 Å². The minimum atomic E-state index is 0. The number of rotatable bonds is 5. The van der Waals surface area contributed by atoms with Gasteiger partial charge in [0.15, 0.2) is 0 Å². The van der Waals surface area contributed by atoms with Crippen LogP contribution in [0.3, 0.4) is 0 Å². The zero-order valence-electron chi connectivity index (χ0n) is 11.2. The Morgan fingerprint density at radius 1 is 1.18 bits per heavy atom. The van der Waals surface area contributed by atoms with Gasteiger partial charge in [-0.1, -0.05) is 0 Å². The Morgan fingerprint density at radius 2 is 1.76 bits per heavy atom. The van der Waals surface area contributed by atoms with Crippen molar-refractivity contribution < 1.29 is 43.5 Å². The van der Waals surface area contributed by atoms with Crippen LogP contribution in [0, 0.1) is 0 Å². The minimum Gasteiger partial charge on any atom is -0.297 e. The average Bonchev–Trinajstić information content (AvgIpc) is 2.50. The smallest absolute Gasteiger partial charge is 0.297 e. The largest absolute Gasteiger partial charge is 1.00 e. The molecular weight excluding hydrogens is 390 g/mol. The second-order valence-corrected chi connectivity index (χ2v) is 4.69. The van der Waals surface area contributed by atoms with E-state index in [0.29, 0.717) is 6.04 Å². The standard InChI is InChI=1S/C11H23N4.2Ru/c1-11(2)15-7-6-14(10-15)9-13(5)8-12(3)4;;/h6-7,10-11H,8-9H2,1-5H3;;/q3*+1. The second kappa shape index (κ2) is 9.33. The number of hydrogen-bond acceptors (Lipinski definition) is 2. The van der Waals surface area contributed by atoms with Crippen LogP contribution in [0.5, 0.6) is 0 Å². The van der Waals surface area contributed by atoms with E-state index in [1.165, 1.54) is 0 Å². The Morgan fingerprint density at radius 3 is 2.18 bits per heavy atom. The predicted octanol–water partition coefficient (Wildman–Crippen LogP) is 0.760. The molecule has 1 heterocycles. The first-order valence-electron chi connectivity index (χ1n) is 5.39.